The van der Waals surface area contributed by atoms with Crippen molar-refractivity contribution in [2.24, 2.45) is 5.41 Å². The highest BCUT2D eigenvalue weighted by molar-refractivity contribution is 5.79. The molecular formula is C18H25NO5. The molecule has 1 N–H and O–H groups in total. The van der Waals surface area contributed by atoms with Crippen LogP contribution in [-0.4, -0.2) is 55.3 Å². The summed E-state index contributed by atoms with van der Waals surface area (Å²) in [6.07, 6.45) is 2.18. The van der Waals surface area contributed by atoms with E-state index in [-0.39, 0.29) is 19.1 Å². The zero-order valence-corrected chi connectivity index (χ0v) is 14.1. The number of piperidine rings is 1. The molecule has 6 nitrogen and oxygen atoms in total. The maximum atomic E-state index is 12.4. The Morgan fingerprint density at radius 1 is 1.29 bits per heavy atom. The van der Waals surface area contributed by atoms with Gasteiger partial charge in [0.25, 0.3) is 0 Å². The molecule has 1 aromatic carbocycles. The molecule has 0 bridgehead atoms. The van der Waals surface area contributed by atoms with Crippen LogP contribution in [0.3, 0.4) is 0 Å². The minimum Gasteiger partial charge on any atom is -0.494 e. The molecule has 1 atom stereocenters. The second-order valence-electron chi connectivity index (χ2n) is 6.20. The molecule has 1 amide bonds. The van der Waals surface area contributed by atoms with E-state index in [0.717, 1.165) is 5.75 Å². The van der Waals surface area contributed by atoms with Crippen molar-refractivity contribution in [2.45, 2.75) is 25.7 Å². The van der Waals surface area contributed by atoms with E-state index in [4.69, 9.17) is 9.47 Å². The normalized spacial score (nSPS) is 20.6. The summed E-state index contributed by atoms with van der Waals surface area (Å²) in [4.78, 5) is 25.6. The lowest BCUT2D eigenvalue weighted by Gasteiger charge is -2.39. The van der Waals surface area contributed by atoms with Crippen molar-refractivity contribution in [1.82, 2.24) is 4.90 Å². The van der Waals surface area contributed by atoms with Crippen LogP contribution in [0.2, 0.25) is 0 Å². The Kier molecular flexibility index (Phi) is 6.61. The minimum absolute atomic E-state index is 0.0203. The van der Waals surface area contributed by atoms with Crippen LogP contribution >= 0.6 is 0 Å². The number of carbonyl (C=O) groups excluding carboxylic acids is 1. The summed E-state index contributed by atoms with van der Waals surface area (Å²) in [7, 11) is 1.49. The van der Waals surface area contributed by atoms with Crippen LogP contribution in [0.15, 0.2) is 30.3 Å². The third-order valence-electron chi connectivity index (χ3n) is 4.35. The van der Waals surface area contributed by atoms with Crippen molar-refractivity contribution in [2.75, 3.05) is 33.4 Å². The molecule has 132 valence electrons. The number of para-hydroxylation sites is 1. The number of carboxylic acid groups (broad SMARTS) is 1. The number of hydrogen-bond acceptors (Lipinski definition) is 4. The fourth-order valence-corrected chi connectivity index (χ4v) is 3.06. The van der Waals surface area contributed by atoms with Gasteiger partial charge >= 0.3 is 5.97 Å². The number of carbonyl (C=O) groups is 2. The third-order valence-corrected chi connectivity index (χ3v) is 4.35. The van der Waals surface area contributed by atoms with Gasteiger partial charge in [-0.15, -0.1) is 0 Å². The van der Waals surface area contributed by atoms with E-state index in [1.54, 1.807) is 4.90 Å². The van der Waals surface area contributed by atoms with E-state index in [1.165, 1.54) is 7.11 Å². The van der Waals surface area contributed by atoms with E-state index in [1.807, 2.05) is 30.3 Å². The second kappa shape index (κ2) is 8.68. The number of methoxy groups -OCH3 is 1. The molecule has 0 saturated carbocycles. The molecule has 1 aromatic rings. The lowest BCUT2D eigenvalue weighted by molar-refractivity contribution is -0.159. The Balaban J connectivity index is 1.80. The highest BCUT2D eigenvalue weighted by Crippen LogP contribution is 2.31. The topological polar surface area (TPSA) is 76.1 Å². The Hall–Kier alpha value is -2.08. The number of likely N-dealkylation sites (tertiary alicyclic amines) is 1. The Bertz CT molecular complexity index is 544. The van der Waals surface area contributed by atoms with Gasteiger partial charge in [0, 0.05) is 26.6 Å². The Morgan fingerprint density at radius 2 is 2.04 bits per heavy atom. The molecule has 1 fully saturated rings. The van der Waals surface area contributed by atoms with Gasteiger partial charge in [-0.25, -0.2) is 0 Å². The van der Waals surface area contributed by atoms with Gasteiger partial charge in [0.2, 0.25) is 5.91 Å². The van der Waals surface area contributed by atoms with Crippen molar-refractivity contribution >= 4 is 11.9 Å². The molecule has 1 aliphatic rings. The van der Waals surface area contributed by atoms with Gasteiger partial charge in [-0.3, -0.25) is 9.59 Å². The molecule has 1 heterocycles. The average molecular weight is 335 g/mol. The van der Waals surface area contributed by atoms with Gasteiger partial charge in [0.15, 0.2) is 0 Å². The number of nitrogens with zero attached hydrogens (tertiary/aromatic N) is 1. The molecule has 0 spiro atoms. The van der Waals surface area contributed by atoms with Gasteiger partial charge < -0.3 is 19.5 Å². The molecule has 1 unspecified atom stereocenters. The second-order valence-corrected chi connectivity index (χ2v) is 6.20. The number of ether oxygens (including phenoxy) is 2. The quantitative estimate of drug-likeness (QED) is 0.737. The summed E-state index contributed by atoms with van der Waals surface area (Å²) in [5.74, 6) is -0.129. The molecule has 1 saturated heterocycles. The molecule has 6 heteroatoms. The maximum Gasteiger partial charge on any atom is 0.313 e. The molecule has 0 radical (unpaired) electrons. The van der Waals surface area contributed by atoms with Crippen LogP contribution in [0, 0.1) is 5.41 Å². The van der Waals surface area contributed by atoms with Crippen LogP contribution in [0.1, 0.15) is 25.7 Å². The van der Waals surface area contributed by atoms with E-state index < -0.39 is 11.4 Å². The first-order valence-corrected chi connectivity index (χ1v) is 8.25. The fourth-order valence-electron chi connectivity index (χ4n) is 3.06. The van der Waals surface area contributed by atoms with Crippen molar-refractivity contribution < 1.29 is 24.2 Å². The van der Waals surface area contributed by atoms with Crippen LogP contribution in [-0.2, 0) is 14.3 Å². The molecule has 2 rings (SSSR count). The Morgan fingerprint density at radius 3 is 2.71 bits per heavy atom. The maximum absolute atomic E-state index is 12.4. The zero-order valence-electron chi connectivity index (χ0n) is 14.1. The Labute approximate surface area is 142 Å². The zero-order chi connectivity index (χ0) is 17.4. The number of hydrogen-bond donors (Lipinski definition) is 1. The first kappa shape index (κ1) is 18.3. The number of carboxylic acids is 1. The first-order valence-electron chi connectivity index (χ1n) is 8.25. The molecule has 24 heavy (non-hydrogen) atoms. The number of rotatable bonds is 8. The number of amides is 1. The highest BCUT2D eigenvalue weighted by Gasteiger charge is 2.43. The summed E-state index contributed by atoms with van der Waals surface area (Å²) >= 11 is 0. The molecule has 1 aliphatic heterocycles. The van der Waals surface area contributed by atoms with Crippen LogP contribution in [0.5, 0.6) is 5.75 Å². The van der Waals surface area contributed by atoms with Gasteiger partial charge in [0.05, 0.1) is 13.2 Å². The van der Waals surface area contributed by atoms with Crippen molar-refractivity contribution in [1.29, 1.82) is 0 Å². The number of benzene rings is 1. The SMILES string of the molecule is COCC1(C(=O)O)CCCN(C(=O)CCCOc2ccccc2)C1. The van der Waals surface area contributed by atoms with Crippen molar-refractivity contribution in [3.05, 3.63) is 30.3 Å². The summed E-state index contributed by atoms with van der Waals surface area (Å²) in [5.41, 5.74) is -0.983. The predicted octanol–water partition coefficient (Wildman–Crippen LogP) is 2.19. The molecule has 0 aromatic heterocycles. The molecule has 0 aliphatic carbocycles. The smallest absolute Gasteiger partial charge is 0.313 e. The minimum atomic E-state index is -0.983. The van der Waals surface area contributed by atoms with E-state index in [0.29, 0.717) is 38.8 Å². The predicted molar refractivity (Wildman–Crippen MR) is 88.9 cm³/mol. The van der Waals surface area contributed by atoms with Crippen LogP contribution in [0.4, 0.5) is 0 Å². The van der Waals surface area contributed by atoms with E-state index >= 15 is 0 Å². The first-order chi connectivity index (χ1) is 11.6. The average Bonchev–Trinajstić information content (AvgIpc) is 2.60. The molecular weight excluding hydrogens is 310 g/mol. The lowest BCUT2D eigenvalue weighted by atomic mass is 9.80. The van der Waals surface area contributed by atoms with E-state index in [9.17, 15) is 14.7 Å². The van der Waals surface area contributed by atoms with Gasteiger partial charge in [-0.1, -0.05) is 18.2 Å². The monoisotopic (exact) mass is 335 g/mol. The summed E-state index contributed by atoms with van der Waals surface area (Å²) < 4.78 is 10.7. The van der Waals surface area contributed by atoms with Gasteiger partial charge in [0.1, 0.15) is 11.2 Å². The van der Waals surface area contributed by atoms with Crippen molar-refractivity contribution in [3.63, 3.8) is 0 Å². The van der Waals surface area contributed by atoms with Crippen LogP contribution < -0.4 is 4.74 Å². The summed E-state index contributed by atoms with van der Waals surface area (Å²) in [6, 6.07) is 9.46. The van der Waals surface area contributed by atoms with Gasteiger partial charge in [-0.05, 0) is 31.4 Å². The van der Waals surface area contributed by atoms with E-state index in [2.05, 4.69) is 0 Å². The fraction of sp³-hybridized carbons (Fsp3) is 0.556. The van der Waals surface area contributed by atoms with Crippen molar-refractivity contribution in [3.8, 4) is 5.75 Å². The van der Waals surface area contributed by atoms with Crippen LogP contribution in [0.25, 0.3) is 0 Å². The number of aliphatic carboxylic acids is 1. The standard InChI is InChI=1S/C18H25NO5/c1-23-14-18(17(21)22)10-6-11-19(13-18)16(20)9-5-12-24-15-7-3-2-4-8-15/h2-4,7-8H,5-6,9-14H2,1H3,(H,21,22). The van der Waals surface area contributed by atoms with Gasteiger partial charge in [-0.2, -0.15) is 0 Å². The lowest BCUT2D eigenvalue weighted by Crippen LogP contribution is -2.52. The summed E-state index contributed by atoms with van der Waals surface area (Å²) in [6.45, 7) is 1.42. The third kappa shape index (κ3) is 4.71. The highest BCUT2D eigenvalue weighted by atomic mass is 16.5. The summed E-state index contributed by atoms with van der Waals surface area (Å²) in [5, 5.41) is 9.52. The largest absolute Gasteiger partial charge is 0.494 e.